The molecular weight excluding hydrogens is 586 g/mol. The Morgan fingerprint density at radius 2 is 1.78 bits per heavy atom. The summed E-state index contributed by atoms with van der Waals surface area (Å²) in [5.74, 6) is -1.45. The molecule has 6 atom stereocenters. The van der Waals surface area contributed by atoms with E-state index >= 15 is 0 Å². The minimum Gasteiger partial charge on any atom is -0.499 e. The molecule has 1 aromatic rings. The van der Waals surface area contributed by atoms with E-state index in [0.717, 1.165) is 36.8 Å². The number of rotatable bonds is 14. The van der Waals surface area contributed by atoms with E-state index in [1.807, 2.05) is 24.3 Å². The molecule has 3 heterocycles. The molecule has 3 aliphatic heterocycles. The lowest BCUT2D eigenvalue weighted by atomic mass is 9.62. The Morgan fingerprint density at radius 1 is 1.02 bits per heavy atom. The predicted molar refractivity (Wildman–Crippen MR) is 155 cm³/mol. The van der Waals surface area contributed by atoms with Crippen molar-refractivity contribution in [3.05, 3.63) is 41.7 Å². The molecule has 3 aliphatic carbocycles. The lowest BCUT2D eigenvalue weighted by Crippen LogP contribution is -2.69. The summed E-state index contributed by atoms with van der Waals surface area (Å²) in [6, 6.07) is 6.53. The van der Waals surface area contributed by atoms with Gasteiger partial charge in [0.1, 0.15) is 36.4 Å². The van der Waals surface area contributed by atoms with Gasteiger partial charge in [-0.2, -0.15) is 5.06 Å². The Morgan fingerprint density at radius 3 is 2.51 bits per heavy atom. The van der Waals surface area contributed by atoms with Crippen molar-refractivity contribution in [1.29, 1.82) is 0 Å². The third-order valence-corrected chi connectivity index (χ3v) is 9.91. The smallest absolute Gasteiger partial charge is 0.327 e. The number of hydroxylamine groups is 2. The number of hydrogen-bond donors (Lipinski definition) is 4. The number of benzene rings is 1. The topological polar surface area (TPSA) is 165 Å². The van der Waals surface area contributed by atoms with Gasteiger partial charge in [0.25, 0.3) is 0 Å². The van der Waals surface area contributed by atoms with Crippen LogP contribution in [0.4, 0.5) is 0 Å². The van der Waals surface area contributed by atoms with Crippen LogP contribution in [0.3, 0.4) is 0 Å². The fourth-order valence-electron chi connectivity index (χ4n) is 7.66. The average Bonchev–Trinajstić information content (AvgIpc) is 3.98. The number of aliphatic hydroxyl groups excluding tert-OH is 2. The van der Waals surface area contributed by atoms with Crippen molar-refractivity contribution in [1.82, 2.24) is 15.7 Å². The first-order chi connectivity index (χ1) is 21.9. The van der Waals surface area contributed by atoms with Crippen molar-refractivity contribution < 1.29 is 48.4 Å². The molecule has 13 nitrogen and oxygen atoms in total. The van der Waals surface area contributed by atoms with Crippen LogP contribution in [-0.2, 0) is 44.7 Å². The van der Waals surface area contributed by atoms with Crippen LogP contribution in [0.5, 0.6) is 0 Å². The number of carbonyl (C=O) groups is 3. The zero-order valence-electron chi connectivity index (χ0n) is 25.1. The monoisotopic (exact) mass is 627 g/mol. The molecular formula is C32H41N3O10. The predicted octanol–water partition coefficient (Wildman–Crippen LogP) is 0.381. The van der Waals surface area contributed by atoms with E-state index < -0.39 is 47.6 Å². The Bertz CT molecular complexity index is 1320. The van der Waals surface area contributed by atoms with E-state index in [4.69, 9.17) is 34.0 Å². The summed E-state index contributed by atoms with van der Waals surface area (Å²) in [5.41, 5.74) is 0.323. The number of amides is 2. The number of nitrogens with zero attached hydrogens (tertiary/aromatic N) is 1. The molecule has 0 spiro atoms. The van der Waals surface area contributed by atoms with Gasteiger partial charge < -0.3 is 39.8 Å². The van der Waals surface area contributed by atoms with Crippen molar-refractivity contribution >= 4 is 23.9 Å². The summed E-state index contributed by atoms with van der Waals surface area (Å²) in [6.45, 7) is 0.245. The molecule has 6 aliphatic rings. The van der Waals surface area contributed by atoms with Crippen molar-refractivity contribution in [2.24, 2.45) is 17.3 Å². The molecule has 13 heteroatoms. The van der Waals surface area contributed by atoms with E-state index in [2.05, 4.69) is 10.6 Å². The van der Waals surface area contributed by atoms with Gasteiger partial charge in [-0.05, 0) is 42.9 Å². The van der Waals surface area contributed by atoms with Crippen molar-refractivity contribution in [2.75, 3.05) is 32.9 Å². The van der Waals surface area contributed by atoms with Crippen LogP contribution in [0.25, 0.3) is 6.08 Å². The van der Waals surface area contributed by atoms with Crippen LogP contribution in [0, 0.1) is 17.3 Å². The minimum atomic E-state index is -1.33. The number of fused-ring (bicyclic) bond motifs is 4. The molecule has 2 amide bonds. The molecule has 0 aromatic heterocycles. The van der Waals surface area contributed by atoms with Gasteiger partial charge in [0.05, 0.1) is 26.0 Å². The molecule has 45 heavy (non-hydrogen) atoms. The molecule has 1 aromatic carbocycles. The number of ether oxygens (including phenoxy) is 4. The number of carbonyl (C=O) groups excluding carboxylic acids is 3. The zero-order valence-corrected chi connectivity index (χ0v) is 25.1. The maximum absolute atomic E-state index is 14.3. The quantitative estimate of drug-likeness (QED) is 0.128. The fourth-order valence-corrected chi connectivity index (χ4v) is 7.66. The highest BCUT2D eigenvalue weighted by atomic mass is 16.8. The van der Waals surface area contributed by atoms with E-state index in [0.29, 0.717) is 0 Å². The van der Waals surface area contributed by atoms with Gasteiger partial charge >= 0.3 is 5.97 Å². The Balaban J connectivity index is 1.19. The van der Waals surface area contributed by atoms with Gasteiger partial charge in [-0.25, -0.2) is 0 Å². The van der Waals surface area contributed by atoms with Crippen LogP contribution in [0.1, 0.15) is 49.7 Å². The lowest BCUT2D eigenvalue weighted by molar-refractivity contribution is -0.235. The summed E-state index contributed by atoms with van der Waals surface area (Å²) in [6.07, 6.45) is 4.90. The maximum Gasteiger partial charge on any atom is 0.327 e. The Hall–Kier alpha value is -3.07. The first kappa shape index (κ1) is 30.6. The highest BCUT2D eigenvalue weighted by Gasteiger charge is 2.78. The molecule has 244 valence electrons. The normalized spacial score (nSPS) is 33.1. The third kappa shape index (κ3) is 5.43. The minimum absolute atomic E-state index is 0.0196. The Kier molecular flexibility index (Phi) is 8.34. The molecule has 4 N–H and O–H groups in total. The molecule has 3 saturated carbocycles. The van der Waals surface area contributed by atoms with Gasteiger partial charge in [0.15, 0.2) is 11.8 Å². The number of hydrogen-bond acceptors (Lipinski definition) is 11. The molecule has 0 radical (unpaired) electrons. The first-order valence-electron chi connectivity index (χ1n) is 16.0. The number of esters is 1. The summed E-state index contributed by atoms with van der Waals surface area (Å²) in [5, 5.41) is 25.1. The SMILES string of the molecule is O=C(CCNC(=O)C12CC3OC(=O)C1N(Cc1ccccc1C=COCCO)OC2C1OC(C2CC2)(C2CC2)OC31)NCCO. The fraction of sp³-hybridized carbons (Fsp3) is 0.656. The standard InChI is InChI=1S/C32H41N3O10/c36-13-12-33-24(38)9-11-34-30(40)31-17-23-25-26(44-32(43-25,21-5-6-21)22-7-8-22)28(31)45-35(27(31)29(39)42-23)18-20-4-2-1-3-19(20)10-15-41-16-14-37/h1-4,10,15,21-23,25-28,36-37H,5-9,11-14,16-18H2,(H,33,38)(H,34,40). The van der Waals surface area contributed by atoms with E-state index in [1.54, 1.807) is 11.1 Å². The van der Waals surface area contributed by atoms with Crippen molar-refractivity contribution in [3.8, 4) is 0 Å². The third-order valence-electron chi connectivity index (χ3n) is 9.91. The van der Waals surface area contributed by atoms with E-state index in [1.165, 1.54) is 6.26 Å². The second-order valence-electron chi connectivity index (χ2n) is 12.8. The molecule has 6 fully saturated rings. The zero-order chi connectivity index (χ0) is 31.2. The number of nitrogens with one attached hydrogen (secondary N) is 2. The number of aliphatic hydroxyl groups is 2. The van der Waals surface area contributed by atoms with Gasteiger partial charge in [0.2, 0.25) is 11.8 Å². The van der Waals surface area contributed by atoms with Gasteiger partial charge in [-0.15, -0.1) is 0 Å². The van der Waals surface area contributed by atoms with Crippen LogP contribution in [-0.4, -0.2) is 102 Å². The van der Waals surface area contributed by atoms with Crippen LogP contribution in [0.2, 0.25) is 0 Å². The molecule has 2 bridgehead atoms. The summed E-state index contributed by atoms with van der Waals surface area (Å²) in [7, 11) is 0. The lowest BCUT2D eigenvalue weighted by Gasteiger charge is -2.48. The summed E-state index contributed by atoms with van der Waals surface area (Å²) < 4.78 is 25.0. The Labute approximate surface area is 261 Å². The molecule has 6 unspecified atom stereocenters. The van der Waals surface area contributed by atoms with Gasteiger partial charge in [0, 0.05) is 37.8 Å². The van der Waals surface area contributed by atoms with Crippen molar-refractivity contribution in [2.45, 2.75) is 81.3 Å². The molecule has 7 rings (SSSR count). The van der Waals surface area contributed by atoms with Gasteiger partial charge in [-0.1, -0.05) is 24.3 Å². The molecule has 3 saturated heterocycles. The van der Waals surface area contributed by atoms with Gasteiger partial charge in [-0.3, -0.25) is 19.2 Å². The van der Waals surface area contributed by atoms with Crippen LogP contribution < -0.4 is 10.6 Å². The summed E-state index contributed by atoms with van der Waals surface area (Å²) >= 11 is 0. The second-order valence-corrected chi connectivity index (χ2v) is 12.8. The largest absolute Gasteiger partial charge is 0.499 e. The summed E-state index contributed by atoms with van der Waals surface area (Å²) in [4.78, 5) is 47.0. The van der Waals surface area contributed by atoms with E-state index in [-0.39, 0.29) is 75.9 Å². The second kappa shape index (κ2) is 12.3. The van der Waals surface area contributed by atoms with E-state index in [9.17, 15) is 14.4 Å². The van der Waals surface area contributed by atoms with Crippen molar-refractivity contribution in [3.63, 3.8) is 0 Å². The van der Waals surface area contributed by atoms with Crippen LogP contribution >= 0.6 is 0 Å². The first-order valence-corrected chi connectivity index (χ1v) is 16.0. The van der Waals surface area contributed by atoms with Crippen LogP contribution in [0.15, 0.2) is 30.5 Å². The highest BCUT2D eigenvalue weighted by Crippen LogP contribution is 2.63. The maximum atomic E-state index is 14.3. The average molecular weight is 628 g/mol. The highest BCUT2D eigenvalue weighted by molar-refractivity contribution is 5.94.